The lowest BCUT2D eigenvalue weighted by atomic mass is 10.1. The molecule has 0 saturated carbocycles. The average Bonchev–Trinajstić information content (AvgIpc) is 2.90. The van der Waals surface area contributed by atoms with Gasteiger partial charge in [0.25, 0.3) is 5.56 Å². The number of nitrogens with zero attached hydrogens (tertiary/aromatic N) is 3. The number of fused-ring (bicyclic) bond motifs is 1. The fourth-order valence-electron chi connectivity index (χ4n) is 2.49. The second kappa shape index (κ2) is 4.63. The number of aromatic amines is 1. The zero-order valence-corrected chi connectivity index (χ0v) is 10.7. The fraction of sp³-hybridized carbons (Fsp3) is 0.545. The molecule has 1 aliphatic rings. The van der Waals surface area contributed by atoms with Gasteiger partial charge in [0.1, 0.15) is 18.3 Å². The van der Waals surface area contributed by atoms with Gasteiger partial charge in [0, 0.05) is 0 Å². The quantitative estimate of drug-likeness (QED) is 0.440. The van der Waals surface area contributed by atoms with E-state index < -0.39 is 31.1 Å². The van der Waals surface area contributed by atoms with Crippen LogP contribution in [0.2, 0.25) is 0 Å². The third-order valence-corrected chi connectivity index (χ3v) is 3.50. The highest BCUT2D eigenvalue weighted by Gasteiger charge is 2.46. The molecule has 2 aromatic rings. The standard InChI is InChI=1S/C11H14N4O5/c1-14-4-15(9-6(14)10(19)13-3-12-9)11-8(18)7(17)5(2-16)20-11/h3-5,7-8,11,16-18H,2H2,1H3/p+1. The van der Waals surface area contributed by atoms with Gasteiger partial charge in [0.05, 0.1) is 13.7 Å². The van der Waals surface area contributed by atoms with E-state index in [2.05, 4.69) is 9.97 Å². The van der Waals surface area contributed by atoms with Crippen molar-refractivity contribution in [1.29, 1.82) is 0 Å². The van der Waals surface area contributed by atoms with Gasteiger partial charge in [-0.2, -0.15) is 0 Å². The van der Waals surface area contributed by atoms with Gasteiger partial charge >= 0.3 is 5.65 Å². The number of ether oxygens (including phenoxy) is 1. The lowest BCUT2D eigenvalue weighted by Gasteiger charge is -2.11. The number of hydrogen-bond donors (Lipinski definition) is 4. The van der Waals surface area contributed by atoms with Crippen LogP contribution in [-0.2, 0) is 11.8 Å². The number of nitrogens with one attached hydrogen (secondary N) is 1. The number of aliphatic hydroxyl groups excluding tert-OH is 3. The largest absolute Gasteiger partial charge is 0.394 e. The van der Waals surface area contributed by atoms with Crippen molar-refractivity contribution in [1.82, 2.24) is 14.5 Å². The maximum Gasteiger partial charge on any atom is 0.311 e. The first-order valence-corrected chi connectivity index (χ1v) is 6.11. The number of rotatable bonds is 2. The molecule has 1 fully saturated rings. The molecule has 0 radical (unpaired) electrons. The minimum Gasteiger partial charge on any atom is -0.394 e. The molecular weight excluding hydrogens is 268 g/mol. The Hall–Kier alpha value is -1.81. The molecular formula is C11H15N4O5+. The maximum absolute atomic E-state index is 11.8. The van der Waals surface area contributed by atoms with Gasteiger partial charge in [-0.1, -0.05) is 4.98 Å². The molecule has 2 aromatic heterocycles. The lowest BCUT2D eigenvalue weighted by Crippen LogP contribution is -2.46. The van der Waals surface area contributed by atoms with E-state index in [1.165, 1.54) is 10.9 Å². The second-order valence-electron chi connectivity index (χ2n) is 4.77. The van der Waals surface area contributed by atoms with Gasteiger partial charge < -0.3 is 20.1 Å². The van der Waals surface area contributed by atoms with Crippen molar-refractivity contribution in [2.45, 2.75) is 24.5 Å². The number of imidazole rings is 1. The van der Waals surface area contributed by atoms with Gasteiger partial charge in [0.2, 0.25) is 11.7 Å². The van der Waals surface area contributed by atoms with E-state index in [-0.39, 0.29) is 5.56 Å². The third-order valence-electron chi connectivity index (χ3n) is 3.50. The summed E-state index contributed by atoms with van der Waals surface area (Å²) in [6.45, 7) is -0.409. The molecule has 4 atom stereocenters. The zero-order valence-electron chi connectivity index (χ0n) is 10.7. The van der Waals surface area contributed by atoms with Gasteiger partial charge in [0.15, 0.2) is 12.7 Å². The molecule has 20 heavy (non-hydrogen) atoms. The first-order chi connectivity index (χ1) is 9.54. The van der Waals surface area contributed by atoms with Crippen LogP contribution in [0.25, 0.3) is 11.2 Å². The molecule has 0 aromatic carbocycles. The molecule has 4 unspecified atom stereocenters. The number of aliphatic hydroxyl groups is 3. The van der Waals surface area contributed by atoms with E-state index >= 15 is 0 Å². The summed E-state index contributed by atoms with van der Waals surface area (Å²) in [5, 5.41) is 28.9. The van der Waals surface area contributed by atoms with Gasteiger partial charge in [-0.25, -0.2) is 4.57 Å². The predicted octanol–water partition coefficient (Wildman–Crippen LogP) is -2.84. The minimum atomic E-state index is -1.22. The second-order valence-corrected chi connectivity index (χ2v) is 4.77. The smallest absolute Gasteiger partial charge is 0.311 e. The van der Waals surface area contributed by atoms with Crippen LogP contribution in [0.1, 0.15) is 6.23 Å². The molecule has 1 aliphatic heterocycles. The Morgan fingerprint density at radius 1 is 1.50 bits per heavy atom. The summed E-state index contributed by atoms with van der Waals surface area (Å²) in [6.07, 6.45) is -1.41. The normalized spacial score (nSPS) is 30.2. The molecule has 108 valence electrons. The first-order valence-electron chi connectivity index (χ1n) is 6.11. The zero-order chi connectivity index (χ0) is 14.4. The van der Waals surface area contributed by atoms with Gasteiger partial charge in [-0.05, 0) is 0 Å². The maximum atomic E-state index is 11.8. The number of aryl methyl sites for hydroxylation is 1. The van der Waals surface area contributed by atoms with Crippen LogP contribution in [0.4, 0.5) is 0 Å². The van der Waals surface area contributed by atoms with Crippen LogP contribution in [0.5, 0.6) is 0 Å². The van der Waals surface area contributed by atoms with Crippen molar-refractivity contribution in [2.24, 2.45) is 7.05 Å². The molecule has 0 aliphatic carbocycles. The van der Waals surface area contributed by atoms with Crippen molar-refractivity contribution in [3.05, 3.63) is 23.0 Å². The Morgan fingerprint density at radius 3 is 2.90 bits per heavy atom. The molecule has 0 amide bonds. The van der Waals surface area contributed by atoms with Crippen molar-refractivity contribution in [3.63, 3.8) is 0 Å². The molecule has 1 saturated heterocycles. The third kappa shape index (κ3) is 1.75. The van der Waals surface area contributed by atoms with Crippen LogP contribution in [-0.4, -0.2) is 54.8 Å². The van der Waals surface area contributed by atoms with Crippen molar-refractivity contribution < 1.29 is 24.6 Å². The van der Waals surface area contributed by atoms with Gasteiger partial charge in [-0.15, -0.1) is 0 Å². The van der Waals surface area contributed by atoms with E-state index in [1.807, 2.05) is 0 Å². The summed E-state index contributed by atoms with van der Waals surface area (Å²) in [5.41, 5.74) is 0.333. The number of hydrogen-bond acceptors (Lipinski definition) is 6. The molecule has 0 bridgehead atoms. The highest BCUT2D eigenvalue weighted by atomic mass is 16.6. The summed E-state index contributed by atoms with van der Waals surface area (Å²) in [4.78, 5) is 18.3. The van der Waals surface area contributed by atoms with Crippen LogP contribution in [0.3, 0.4) is 0 Å². The number of H-pyrrole nitrogens is 1. The fourth-order valence-corrected chi connectivity index (χ4v) is 2.49. The Kier molecular flexibility index (Phi) is 3.05. The minimum absolute atomic E-state index is 0.317. The van der Waals surface area contributed by atoms with Crippen LogP contribution < -0.4 is 10.1 Å². The van der Waals surface area contributed by atoms with E-state index in [4.69, 9.17) is 9.84 Å². The topological polar surface area (TPSA) is 124 Å². The Balaban J connectivity index is 2.12. The highest BCUT2D eigenvalue weighted by Crippen LogP contribution is 2.26. The van der Waals surface area contributed by atoms with Crippen LogP contribution in [0.15, 0.2) is 17.4 Å². The summed E-state index contributed by atoms with van der Waals surface area (Å²) in [7, 11) is 1.66. The van der Waals surface area contributed by atoms with E-state index in [0.29, 0.717) is 11.2 Å². The van der Waals surface area contributed by atoms with E-state index in [9.17, 15) is 15.0 Å². The Labute approximate surface area is 112 Å². The Bertz CT molecular complexity index is 696. The van der Waals surface area contributed by atoms with E-state index in [1.54, 1.807) is 17.9 Å². The molecule has 0 spiro atoms. The highest BCUT2D eigenvalue weighted by molar-refractivity contribution is 5.65. The van der Waals surface area contributed by atoms with Crippen LogP contribution in [0, 0.1) is 0 Å². The molecule has 9 heteroatoms. The molecule has 3 heterocycles. The average molecular weight is 283 g/mol. The lowest BCUT2D eigenvalue weighted by molar-refractivity contribution is -0.745. The number of aromatic nitrogens is 4. The molecule has 4 N–H and O–H groups in total. The summed E-state index contributed by atoms with van der Waals surface area (Å²) < 4.78 is 8.45. The Morgan fingerprint density at radius 2 is 2.25 bits per heavy atom. The van der Waals surface area contributed by atoms with Crippen molar-refractivity contribution in [3.8, 4) is 0 Å². The van der Waals surface area contributed by atoms with Gasteiger partial charge in [-0.3, -0.25) is 14.3 Å². The van der Waals surface area contributed by atoms with Crippen molar-refractivity contribution >= 4 is 11.2 Å². The molecule has 3 rings (SSSR count). The van der Waals surface area contributed by atoms with Crippen LogP contribution >= 0.6 is 0 Å². The van der Waals surface area contributed by atoms with Crippen molar-refractivity contribution in [2.75, 3.05) is 6.61 Å². The monoisotopic (exact) mass is 283 g/mol. The van der Waals surface area contributed by atoms with E-state index in [0.717, 1.165) is 0 Å². The SMILES string of the molecule is Cn1c[n+](C2OC(CO)C(O)C2O)c2nc[nH]c(=O)c21. The molecule has 9 nitrogen and oxygen atoms in total. The summed E-state index contributed by atoms with van der Waals surface area (Å²) in [6, 6.07) is 0. The predicted molar refractivity (Wildman–Crippen MR) is 64.5 cm³/mol. The first kappa shape index (κ1) is 13.2. The summed E-state index contributed by atoms with van der Waals surface area (Å²) in [5.74, 6) is 0. The summed E-state index contributed by atoms with van der Waals surface area (Å²) >= 11 is 0.